The minimum Gasteiger partial charge on any atom is -0.333 e. The van der Waals surface area contributed by atoms with Gasteiger partial charge in [0.1, 0.15) is 5.82 Å². The predicted molar refractivity (Wildman–Crippen MR) is 68.9 cm³/mol. The zero-order valence-electron chi connectivity index (χ0n) is 10.8. The Bertz CT molecular complexity index is 444. The smallest absolute Gasteiger partial charge is 0.136 e. The van der Waals surface area contributed by atoms with Crippen LogP contribution in [0.1, 0.15) is 44.9 Å². The first-order chi connectivity index (χ1) is 7.35. The lowest BCUT2D eigenvalue weighted by Gasteiger charge is -2.21. The van der Waals surface area contributed by atoms with E-state index in [1.54, 1.807) is 0 Å². The molecule has 0 amide bonds. The van der Waals surface area contributed by atoms with Gasteiger partial charge in [0.2, 0.25) is 0 Å². The van der Waals surface area contributed by atoms with Crippen LogP contribution < -0.4 is 4.90 Å². The van der Waals surface area contributed by atoms with Gasteiger partial charge in [0.25, 0.3) is 0 Å². The summed E-state index contributed by atoms with van der Waals surface area (Å²) in [6.07, 6.45) is 0. The lowest BCUT2D eigenvalue weighted by molar-refractivity contribution is 0.642. The molecule has 0 bridgehead atoms. The number of fused-ring (bicyclic) bond motifs is 1. The Balaban J connectivity index is 2.59. The van der Waals surface area contributed by atoms with Gasteiger partial charge in [-0.1, -0.05) is 40.3 Å². The number of hydrogen-bond donors (Lipinski definition) is 0. The molecular weight excluding hydrogens is 196 g/mol. The molecule has 0 spiro atoms. The number of likely N-dealkylation sites (N-methyl/N-ethyl adjacent to an activating group) is 1. The van der Waals surface area contributed by atoms with Crippen LogP contribution in [0.25, 0.3) is 0 Å². The lowest BCUT2D eigenvalue weighted by Crippen LogP contribution is -2.21. The van der Waals surface area contributed by atoms with Crippen molar-refractivity contribution in [1.82, 2.24) is 4.98 Å². The molecule has 0 atom stereocenters. The van der Waals surface area contributed by atoms with Crippen LogP contribution in [0.4, 0.5) is 5.82 Å². The van der Waals surface area contributed by atoms with Crippen molar-refractivity contribution in [2.75, 3.05) is 11.9 Å². The van der Waals surface area contributed by atoms with Crippen LogP contribution in [0.3, 0.4) is 0 Å². The molecule has 16 heavy (non-hydrogen) atoms. The summed E-state index contributed by atoms with van der Waals surface area (Å²) in [6, 6.07) is 4.34. The monoisotopic (exact) mass is 216 g/mol. The maximum Gasteiger partial charge on any atom is 0.136 e. The Kier molecular flexibility index (Phi) is 2.33. The molecule has 0 fully saturated rings. The second-order valence-corrected chi connectivity index (χ2v) is 5.39. The molecule has 1 aliphatic rings. The SMILES string of the molecule is C=C1N(C)c2nc(C(C)C)ccc2C1(C)C. The maximum atomic E-state index is 4.74. The van der Waals surface area contributed by atoms with Crippen molar-refractivity contribution in [3.05, 3.63) is 35.7 Å². The third-order valence-electron chi connectivity index (χ3n) is 3.61. The highest BCUT2D eigenvalue weighted by molar-refractivity contribution is 5.65. The number of pyridine rings is 1. The first kappa shape index (κ1) is 11.2. The van der Waals surface area contributed by atoms with E-state index in [2.05, 4.69) is 51.3 Å². The van der Waals surface area contributed by atoms with Gasteiger partial charge >= 0.3 is 0 Å². The highest BCUT2D eigenvalue weighted by atomic mass is 15.2. The summed E-state index contributed by atoms with van der Waals surface area (Å²) >= 11 is 0. The van der Waals surface area contributed by atoms with E-state index < -0.39 is 0 Å². The Morgan fingerprint density at radius 2 is 1.94 bits per heavy atom. The number of rotatable bonds is 1. The lowest BCUT2D eigenvalue weighted by atomic mass is 9.85. The Hall–Kier alpha value is -1.31. The number of allylic oxidation sites excluding steroid dienone is 1. The molecule has 2 nitrogen and oxygen atoms in total. The van der Waals surface area contributed by atoms with Gasteiger partial charge in [-0.05, 0) is 12.0 Å². The molecule has 2 heterocycles. The summed E-state index contributed by atoms with van der Waals surface area (Å²) in [4.78, 5) is 6.86. The fourth-order valence-corrected chi connectivity index (χ4v) is 2.23. The van der Waals surface area contributed by atoms with Crippen LogP contribution in [-0.4, -0.2) is 12.0 Å². The van der Waals surface area contributed by atoms with Crippen LogP contribution in [0.5, 0.6) is 0 Å². The molecule has 1 aromatic heterocycles. The van der Waals surface area contributed by atoms with E-state index in [0.29, 0.717) is 5.92 Å². The summed E-state index contributed by atoms with van der Waals surface area (Å²) in [7, 11) is 2.05. The van der Waals surface area contributed by atoms with Gasteiger partial charge in [-0.2, -0.15) is 0 Å². The number of anilines is 1. The van der Waals surface area contributed by atoms with Gasteiger partial charge in [0.15, 0.2) is 0 Å². The molecule has 2 heteroatoms. The highest BCUT2D eigenvalue weighted by Crippen LogP contribution is 2.45. The molecule has 2 rings (SSSR count). The molecule has 1 aromatic rings. The molecule has 86 valence electrons. The number of aromatic nitrogens is 1. The van der Waals surface area contributed by atoms with Crippen LogP contribution in [0, 0.1) is 0 Å². The second-order valence-electron chi connectivity index (χ2n) is 5.39. The van der Waals surface area contributed by atoms with E-state index in [-0.39, 0.29) is 5.41 Å². The van der Waals surface area contributed by atoms with Gasteiger partial charge in [0, 0.05) is 29.4 Å². The second kappa shape index (κ2) is 3.34. The molecule has 0 aliphatic carbocycles. The fourth-order valence-electron chi connectivity index (χ4n) is 2.23. The summed E-state index contributed by atoms with van der Waals surface area (Å²) < 4.78 is 0. The third kappa shape index (κ3) is 1.36. The van der Waals surface area contributed by atoms with Crippen molar-refractivity contribution < 1.29 is 0 Å². The zero-order chi connectivity index (χ0) is 12.1. The van der Waals surface area contributed by atoms with E-state index >= 15 is 0 Å². The minimum absolute atomic E-state index is 0.00654. The predicted octanol–water partition coefficient (Wildman–Crippen LogP) is 3.45. The molecular formula is C14H20N2. The maximum absolute atomic E-state index is 4.74. The molecule has 0 saturated heterocycles. The number of hydrogen-bond acceptors (Lipinski definition) is 2. The topological polar surface area (TPSA) is 16.1 Å². The standard InChI is InChI=1S/C14H20N2/c1-9(2)12-8-7-11-13(15-12)16(6)10(3)14(11,4)5/h7-9H,3H2,1-2,4-6H3. The average Bonchev–Trinajstić information content (AvgIpc) is 2.40. The van der Waals surface area contributed by atoms with E-state index in [9.17, 15) is 0 Å². The van der Waals surface area contributed by atoms with Crippen LogP contribution in [0.2, 0.25) is 0 Å². The van der Waals surface area contributed by atoms with Crippen LogP contribution in [-0.2, 0) is 5.41 Å². The first-order valence-corrected chi connectivity index (χ1v) is 5.80. The summed E-state index contributed by atoms with van der Waals surface area (Å²) in [5, 5.41) is 0. The van der Waals surface area contributed by atoms with Crippen molar-refractivity contribution in [2.45, 2.75) is 39.0 Å². The van der Waals surface area contributed by atoms with E-state index in [0.717, 1.165) is 17.2 Å². The van der Waals surface area contributed by atoms with Crippen molar-refractivity contribution in [2.24, 2.45) is 0 Å². The molecule has 0 aromatic carbocycles. The van der Waals surface area contributed by atoms with E-state index in [1.165, 1.54) is 5.56 Å². The summed E-state index contributed by atoms with van der Waals surface area (Å²) in [5.41, 5.74) is 3.56. The normalized spacial score (nSPS) is 18.1. The molecule has 0 radical (unpaired) electrons. The molecule has 0 saturated carbocycles. The third-order valence-corrected chi connectivity index (χ3v) is 3.61. The molecule has 0 unspecified atom stereocenters. The Labute approximate surface area is 98.0 Å². The van der Waals surface area contributed by atoms with Gasteiger partial charge < -0.3 is 4.90 Å². The first-order valence-electron chi connectivity index (χ1n) is 5.80. The van der Waals surface area contributed by atoms with Crippen molar-refractivity contribution in [1.29, 1.82) is 0 Å². The number of nitrogens with zero attached hydrogens (tertiary/aromatic N) is 2. The van der Waals surface area contributed by atoms with Gasteiger partial charge in [-0.25, -0.2) is 4.98 Å². The average molecular weight is 216 g/mol. The van der Waals surface area contributed by atoms with Gasteiger partial charge in [0.05, 0.1) is 0 Å². The summed E-state index contributed by atoms with van der Waals surface area (Å²) in [5.74, 6) is 1.54. The van der Waals surface area contributed by atoms with Crippen LogP contribution >= 0.6 is 0 Å². The Morgan fingerprint density at radius 1 is 1.31 bits per heavy atom. The van der Waals surface area contributed by atoms with Crippen molar-refractivity contribution in [3.8, 4) is 0 Å². The van der Waals surface area contributed by atoms with Crippen molar-refractivity contribution in [3.63, 3.8) is 0 Å². The minimum atomic E-state index is 0.00654. The highest BCUT2D eigenvalue weighted by Gasteiger charge is 2.38. The Morgan fingerprint density at radius 3 is 2.50 bits per heavy atom. The van der Waals surface area contributed by atoms with Crippen molar-refractivity contribution >= 4 is 5.82 Å². The molecule has 1 aliphatic heterocycles. The van der Waals surface area contributed by atoms with Gasteiger partial charge in [-0.3, -0.25) is 0 Å². The van der Waals surface area contributed by atoms with E-state index in [4.69, 9.17) is 4.98 Å². The quantitative estimate of drug-likeness (QED) is 0.715. The fraction of sp³-hybridized carbons (Fsp3) is 0.500. The molecule has 0 N–H and O–H groups in total. The zero-order valence-corrected chi connectivity index (χ0v) is 10.8. The van der Waals surface area contributed by atoms with Crippen LogP contribution in [0.15, 0.2) is 24.4 Å². The van der Waals surface area contributed by atoms with Gasteiger partial charge in [-0.15, -0.1) is 0 Å². The summed E-state index contributed by atoms with van der Waals surface area (Å²) in [6.45, 7) is 12.9. The largest absolute Gasteiger partial charge is 0.333 e. The van der Waals surface area contributed by atoms with E-state index in [1.807, 2.05) is 7.05 Å².